The van der Waals surface area contributed by atoms with Crippen molar-refractivity contribution in [3.8, 4) is 0 Å². The van der Waals surface area contributed by atoms with Crippen LogP contribution in [0.4, 0.5) is 0 Å². The highest BCUT2D eigenvalue weighted by Gasteiger charge is 2.59. The maximum atomic E-state index is 9.90. The fourth-order valence-electron chi connectivity index (χ4n) is 3.70. The van der Waals surface area contributed by atoms with E-state index < -0.39 is 0 Å². The molecule has 0 bridgehead atoms. The predicted octanol–water partition coefficient (Wildman–Crippen LogP) is 2.73. The third-order valence-corrected chi connectivity index (χ3v) is 5.23. The molecule has 1 saturated carbocycles. The first-order chi connectivity index (χ1) is 8.63. The standard InChI is InChI=1S/C16H22O2/c1-12-4-5-13(2)14(8-12)16(10-18-11-16)15(9-17)6-3-7-15/h4-5,8,17H,3,6-7,9-11H2,1-2H3. The van der Waals surface area contributed by atoms with Crippen molar-refractivity contribution in [3.05, 3.63) is 34.9 Å². The van der Waals surface area contributed by atoms with E-state index in [4.69, 9.17) is 4.74 Å². The van der Waals surface area contributed by atoms with Gasteiger partial charge in [-0.05, 0) is 37.8 Å². The Bertz CT molecular complexity index is 451. The molecule has 1 saturated heterocycles. The molecule has 0 radical (unpaired) electrons. The third-order valence-electron chi connectivity index (χ3n) is 5.23. The van der Waals surface area contributed by atoms with E-state index in [1.165, 1.54) is 23.1 Å². The highest BCUT2D eigenvalue weighted by Crippen LogP contribution is 2.58. The van der Waals surface area contributed by atoms with Gasteiger partial charge in [0.15, 0.2) is 0 Å². The summed E-state index contributed by atoms with van der Waals surface area (Å²) in [5.74, 6) is 0. The lowest BCUT2D eigenvalue weighted by molar-refractivity contribution is -0.173. The third kappa shape index (κ3) is 1.42. The van der Waals surface area contributed by atoms with Crippen molar-refractivity contribution in [3.63, 3.8) is 0 Å². The molecule has 0 spiro atoms. The van der Waals surface area contributed by atoms with E-state index in [0.717, 1.165) is 26.1 Å². The quantitative estimate of drug-likeness (QED) is 0.888. The number of aryl methyl sites for hydroxylation is 2. The number of benzene rings is 1. The van der Waals surface area contributed by atoms with Gasteiger partial charge in [0.1, 0.15) is 0 Å². The minimum absolute atomic E-state index is 0.0656. The summed E-state index contributed by atoms with van der Waals surface area (Å²) in [6.07, 6.45) is 3.52. The highest BCUT2D eigenvalue weighted by molar-refractivity contribution is 5.41. The molecule has 98 valence electrons. The second-order valence-electron chi connectivity index (χ2n) is 6.19. The van der Waals surface area contributed by atoms with E-state index in [1.807, 2.05) is 0 Å². The normalized spacial score (nSPS) is 24.2. The molecule has 2 heteroatoms. The van der Waals surface area contributed by atoms with Crippen LogP contribution in [0.3, 0.4) is 0 Å². The van der Waals surface area contributed by atoms with Gasteiger partial charge in [0.2, 0.25) is 0 Å². The minimum Gasteiger partial charge on any atom is -0.396 e. The van der Waals surface area contributed by atoms with Gasteiger partial charge in [0.05, 0.1) is 18.6 Å². The van der Waals surface area contributed by atoms with Crippen LogP contribution in [0, 0.1) is 19.3 Å². The molecule has 0 atom stereocenters. The van der Waals surface area contributed by atoms with Gasteiger partial charge in [-0.1, -0.05) is 30.2 Å². The molecule has 2 aliphatic rings. The fourth-order valence-corrected chi connectivity index (χ4v) is 3.70. The molecule has 1 aromatic carbocycles. The van der Waals surface area contributed by atoms with Gasteiger partial charge in [-0.25, -0.2) is 0 Å². The topological polar surface area (TPSA) is 29.5 Å². The van der Waals surface area contributed by atoms with Crippen LogP contribution in [-0.2, 0) is 10.2 Å². The average molecular weight is 246 g/mol. The molecule has 2 fully saturated rings. The zero-order valence-electron chi connectivity index (χ0n) is 11.3. The summed E-state index contributed by atoms with van der Waals surface area (Å²) in [6, 6.07) is 6.67. The Hall–Kier alpha value is -0.860. The maximum absolute atomic E-state index is 9.90. The Kier molecular flexibility index (Phi) is 2.76. The van der Waals surface area contributed by atoms with Crippen LogP contribution < -0.4 is 0 Å². The number of ether oxygens (including phenoxy) is 1. The van der Waals surface area contributed by atoms with E-state index in [1.54, 1.807) is 0 Å². The molecular weight excluding hydrogens is 224 g/mol. The lowest BCUT2D eigenvalue weighted by Crippen LogP contribution is -2.63. The van der Waals surface area contributed by atoms with E-state index in [2.05, 4.69) is 32.0 Å². The van der Waals surface area contributed by atoms with Crippen LogP contribution in [0.2, 0.25) is 0 Å². The van der Waals surface area contributed by atoms with Gasteiger partial charge in [-0.2, -0.15) is 0 Å². The first-order valence-corrected chi connectivity index (χ1v) is 6.90. The Morgan fingerprint density at radius 3 is 2.39 bits per heavy atom. The van der Waals surface area contributed by atoms with Crippen molar-refractivity contribution in [1.29, 1.82) is 0 Å². The van der Waals surface area contributed by atoms with Crippen molar-refractivity contribution in [2.75, 3.05) is 19.8 Å². The minimum atomic E-state index is 0.0656. The Morgan fingerprint density at radius 2 is 1.94 bits per heavy atom. The maximum Gasteiger partial charge on any atom is 0.0592 e. The summed E-state index contributed by atoms with van der Waals surface area (Å²) in [5, 5.41) is 9.90. The molecule has 2 nitrogen and oxygen atoms in total. The molecule has 1 aliphatic carbocycles. The molecule has 0 unspecified atom stereocenters. The van der Waals surface area contributed by atoms with Crippen molar-refractivity contribution in [2.45, 2.75) is 38.5 Å². The number of hydrogen-bond donors (Lipinski definition) is 1. The number of aliphatic hydroxyl groups is 1. The monoisotopic (exact) mass is 246 g/mol. The lowest BCUT2D eigenvalue weighted by Gasteiger charge is -2.60. The molecule has 0 amide bonds. The predicted molar refractivity (Wildman–Crippen MR) is 71.8 cm³/mol. The second-order valence-corrected chi connectivity index (χ2v) is 6.19. The molecule has 3 rings (SSSR count). The van der Waals surface area contributed by atoms with Gasteiger partial charge in [0.25, 0.3) is 0 Å². The molecule has 1 aliphatic heterocycles. The summed E-state index contributed by atoms with van der Waals surface area (Å²) in [5.41, 5.74) is 4.18. The van der Waals surface area contributed by atoms with Crippen LogP contribution in [0.1, 0.15) is 36.0 Å². The molecule has 0 aromatic heterocycles. The first-order valence-electron chi connectivity index (χ1n) is 6.90. The smallest absolute Gasteiger partial charge is 0.0592 e. The molecule has 1 heterocycles. The van der Waals surface area contributed by atoms with E-state index in [9.17, 15) is 5.11 Å². The number of rotatable bonds is 3. The van der Waals surface area contributed by atoms with Crippen LogP contribution in [0.15, 0.2) is 18.2 Å². The van der Waals surface area contributed by atoms with Gasteiger partial charge < -0.3 is 9.84 Å². The summed E-state index contributed by atoms with van der Waals surface area (Å²) in [7, 11) is 0. The van der Waals surface area contributed by atoms with Gasteiger partial charge in [0, 0.05) is 12.0 Å². The summed E-state index contributed by atoms with van der Waals surface area (Å²) in [6.45, 7) is 6.17. The molecular formula is C16H22O2. The van der Waals surface area contributed by atoms with E-state index in [-0.39, 0.29) is 10.8 Å². The van der Waals surface area contributed by atoms with Gasteiger partial charge in [-0.15, -0.1) is 0 Å². The largest absolute Gasteiger partial charge is 0.396 e. The van der Waals surface area contributed by atoms with Crippen LogP contribution >= 0.6 is 0 Å². The summed E-state index contributed by atoms with van der Waals surface area (Å²) in [4.78, 5) is 0. The molecule has 1 aromatic rings. The Labute approximate surface area is 109 Å². The summed E-state index contributed by atoms with van der Waals surface area (Å²) < 4.78 is 5.56. The molecule has 1 N–H and O–H groups in total. The van der Waals surface area contributed by atoms with Crippen molar-refractivity contribution in [2.24, 2.45) is 5.41 Å². The van der Waals surface area contributed by atoms with E-state index in [0.29, 0.717) is 6.61 Å². The summed E-state index contributed by atoms with van der Waals surface area (Å²) >= 11 is 0. The SMILES string of the molecule is Cc1ccc(C)c(C2(C3(CO)CCC3)COC2)c1. The van der Waals surface area contributed by atoms with Crippen molar-refractivity contribution >= 4 is 0 Å². The first kappa shape index (κ1) is 12.2. The van der Waals surface area contributed by atoms with Gasteiger partial charge >= 0.3 is 0 Å². The van der Waals surface area contributed by atoms with E-state index >= 15 is 0 Å². The van der Waals surface area contributed by atoms with Crippen molar-refractivity contribution in [1.82, 2.24) is 0 Å². The lowest BCUT2D eigenvalue weighted by atomic mass is 9.49. The number of aliphatic hydroxyl groups excluding tert-OH is 1. The van der Waals surface area contributed by atoms with Crippen LogP contribution in [0.25, 0.3) is 0 Å². The zero-order chi connectivity index (χ0) is 12.8. The highest BCUT2D eigenvalue weighted by atomic mass is 16.5. The van der Waals surface area contributed by atoms with Gasteiger partial charge in [-0.3, -0.25) is 0 Å². The Morgan fingerprint density at radius 1 is 1.22 bits per heavy atom. The van der Waals surface area contributed by atoms with Crippen LogP contribution in [-0.4, -0.2) is 24.9 Å². The number of hydrogen-bond acceptors (Lipinski definition) is 2. The average Bonchev–Trinajstić information content (AvgIpc) is 2.25. The zero-order valence-corrected chi connectivity index (χ0v) is 11.3. The Balaban J connectivity index is 2.08. The fraction of sp³-hybridized carbons (Fsp3) is 0.625. The second kappa shape index (κ2) is 4.07. The van der Waals surface area contributed by atoms with Crippen LogP contribution in [0.5, 0.6) is 0 Å². The molecule has 18 heavy (non-hydrogen) atoms. The van der Waals surface area contributed by atoms with Crippen molar-refractivity contribution < 1.29 is 9.84 Å².